The Morgan fingerprint density at radius 3 is 2.89 bits per heavy atom. The van der Waals surface area contributed by atoms with Gasteiger partial charge in [-0.25, -0.2) is 0 Å². The second kappa shape index (κ2) is 9.14. The van der Waals surface area contributed by atoms with Gasteiger partial charge in [-0.05, 0) is 32.5 Å². The number of rotatable bonds is 10. The van der Waals surface area contributed by atoms with Gasteiger partial charge in [-0.3, -0.25) is 4.90 Å². The lowest BCUT2D eigenvalue weighted by molar-refractivity contribution is 0.0997. The highest BCUT2D eigenvalue weighted by atomic mass is 16.5. The van der Waals surface area contributed by atoms with Crippen LogP contribution >= 0.6 is 0 Å². The zero-order valence-corrected chi connectivity index (χ0v) is 11.8. The third-order valence-corrected chi connectivity index (χ3v) is 3.08. The van der Waals surface area contributed by atoms with E-state index in [9.17, 15) is 0 Å². The van der Waals surface area contributed by atoms with E-state index >= 15 is 0 Å². The molecule has 4 heteroatoms. The monoisotopic (exact) mass is 254 g/mol. The Morgan fingerprint density at radius 1 is 1.44 bits per heavy atom. The first-order valence-corrected chi connectivity index (χ1v) is 6.82. The molecule has 0 aliphatic rings. The molecule has 0 bridgehead atoms. The average molecular weight is 254 g/mol. The van der Waals surface area contributed by atoms with Gasteiger partial charge in [-0.1, -0.05) is 6.92 Å². The van der Waals surface area contributed by atoms with Gasteiger partial charge in [0.05, 0.1) is 19.4 Å². The number of ether oxygens (including phenoxy) is 1. The van der Waals surface area contributed by atoms with Crippen molar-refractivity contribution in [3.63, 3.8) is 0 Å². The van der Waals surface area contributed by atoms with Crippen LogP contribution in [0, 0.1) is 0 Å². The molecule has 1 unspecified atom stereocenters. The molecule has 0 saturated heterocycles. The van der Waals surface area contributed by atoms with E-state index in [1.807, 2.05) is 19.1 Å². The van der Waals surface area contributed by atoms with Crippen molar-refractivity contribution in [2.24, 2.45) is 0 Å². The van der Waals surface area contributed by atoms with Crippen molar-refractivity contribution < 1.29 is 9.15 Å². The molecule has 18 heavy (non-hydrogen) atoms. The number of likely N-dealkylation sites (N-methyl/N-ethyl adjacent to an activating group) is 1. The zero-order chi connectivity index (χ0) is 13.2. The molecule has 0 fully saturated rings. The third kappa shape index (κ3) is 5.67. The van der Waals surface area contributed by atoms with Gasteiger partial charge in [-0.2, -0.15) is 0 Å². The van der Waals surface area contributed by atoms with Gasteiger partial charge in [0, 0.05) is 25.7 Å². The molecule has 1 atom stereocenters. The summed E-state index contributed by atoms with van der Waals surface area (Å²) in [6.45, 7) is 11.9. The molecule has 1 rings (SSSR count). The quantitative estimate of drug-likeness (QED) is 0.649. The van der Waals surface area contributed by atoms with Crippen LogP contribution in [-0.2, 0) is 11.3 Å². The summed E-state index contributed by atoms with van der Waals surface area (Å²) in [4.78, 5) is 2.42. The Morgan fingerprint density at radius 2 is 2.28 bits per heavy atom. The highest BCUT2D eigenvalue weighted by molar-refractivity contribution is 4.97. The predicted octanol–water partition coefficient (Wildman–Crippen LogP) is 2.12. The fraction of sp³-hybridized carbons (Fsp3) is 0.714. The van der Waals surface area contributed by atoms with E-state index in [1.54, 1.807) is 6.26 Å². The summed E-state index contributed by atoms with van der Waals surface area (Å²) in [5.41, 5.74) is 0. The van der Waals surface area contributed by atoms with Crippen molar-refractivity contribution in [2.45, 2.75) is 33.4 Å². The lowest BCUT2D eigenvalue weighted by Gasteiger charge is -2.27. The first-order chi connectivity index (χ1) is 8.77. The summed E-state index contributed by atoms with van der Waals surface area (Å²) in [6.07, 6.45) is 1.71. The molecule has 1 heterocycles. The van der Waals surface area contributed by atoms with Crippen LogP contribution in [0.1, 0.15) is 26.5 Å². The van der Waals surface area contributed by atoms with E-state index in [2.05, 4.69) is 24.1 Å². The number of hydrogen-bond donors (Lipinski definition) is 1. The standard InChI is InChI=1S/C14H26N2O2/c1-4-16(8-10-17-5-2)13(3)11-15-12-14-7-6-9-18-14/h6-7,9,13,15H,4-5,8,10-12H2,1-3H3. The Bertz CT molecular complexity index is 288. The molecule has 0 amide bonds. The molecule has 1 aromatic heterocycles. The van der Waals surface area contributed by atoms with Crippen LogP contribution in [0.4, 0.5) is 0 Å². The van der Waals surface area contributed by atoms with E-state index in [4.69, 9.17) is 9.15 Å². The van der Waals surface area contributed by atoms with Crippen molar-refractivity contribution in [2.75, 3.05) is 32.8 Å². The van der Waals surface area contributed by atoms with E-state index in [1.165, 1.54) is 0 Å². The summed E-state index contributed by atoms with van der Waals surface area (Å²) in [6, 6.07) is 4.41. The zero-order valence-electron chi connectivity index (χ0n) is 11.8. The fourth-order valence-corrected chi connectivity index (χ4v) is 1.96. The Kier molecular flexibility index (Phi) is 7.73. The van der Waals surface area contributed by atoms with Gasteiger partial charge in [0.15, 0.2) is 0 Å². The number of furan rings is 1. The molecule has 0 aliphatic heterocycles. The summed E-state index contributed by atoms with van der Waals surface area (Å²) in [5.74, 6) is 0.986. The minimum absolute atomic E-state index is 0.505. The van der Waals surface area contributed by atoms with Gasteiger partial charge in [0.25, 0.3) is 0 Å². The van der Waals surface area contributed by atoms with E-state index in [0.29, 0.717) is 6.04 Å². The van der Waals surface area contributed by atoms with Crippen molar-refractivity contribution in [1.29, 1.82) is 0 Å². The lowest BCUT2D eigenvalue weighted by atomic mass is 10.2. The molecule has 1 aromatic rings. The maximum absolute atomic E-state index is 5.40. The smallest absolute Gasteiger partial charge is 0.117 e. The topological polar surface area (TPSA) is 37.6 Å². The Balaban J connectivity index is 2.18. The maximum atomic E-state index is 5.40. The highest BCUT2D eigenvalue weighted by Gasteiger charge is 2.11. The van der Waals surface area contributed by atoms with Crippen LogP contribution in [0.5, 0.6) is 0 Å². The van der Waals surface area contributed by atoms with Gasteiger partial charge in [0.1, 0.15) is 5.76 Å². The fourth-order valence-electron chi connectivity index (χ4n) is 1.96. The lowest BCUT2D eigenvalue weighted by Crippen LogP contribution is -2.41. The third-order valence-electron chi connectivity index (χ3n) is 3.08. The molecule has 4 nitrogen and oxygen atoms in total. The van der Waals surface area contributed by atoms with Gasteiger partial charge >= 0.3 is 0 Å². The van der Waals surface area contributed by atoms with Crippen LogP contribution < -0.4 is 5.32 Å². The number of hydrogen-bond acceptors (Lipinski definition) is 4. The summed E-state index contributed by atoms with van der Waals surface area (Å²) < 4.78 is 10.7. The molecule has 1 N–H and O–H groups in total. The summed E-state index contributed by atoms with van der Waals surface area (Å²) in [5, 5.41) is 3.42. The minimum atomic E-state index is 0.505. The van der Waals surface area contributed by atoms with Crippen molar-refractivity contribution in [3.8, 4) is 0 Å². The minimum Gasteiger partial charge on any atom is -0.468 e. The molecule has 0 radical (unpaired) electrons. The van der Waals surface area contributed by atoms with Crippen molar-refractivity contribution in [3.05, 3.63) is 24.2 Å². The number of nitrogens with one attached hydrogen (secondary N) is 1. The van der Waals surface area contributed by atoms with Crippen LogP contribution in [0.25, 0.3) is 0 Å². The predicted molar refractivity (Wildman–Crippen MR) is 73.6 cm³/mol. The van der Waals surface area contributed by atoms with Crippen LogP contribution in [0.3, 0.4) is 0 Å². The SMILES string of the molecule is CCOCCN(CC)C(C)CNCc1ccco1. The molecule has 0 aliphatic carbocycles. The molecule has 104 valence electrons. The first-order valence-electron chi connectivity index (χ1n) is 6.82. The molecule has 0 spiro atoms. The van der Waals surface area contributed by atoms with Crippen molar-refractivity contribution >= 4 is 0 Å². The maximum Gasteiger partial charge on any atom is 0.117 e. The Hall–Kier alpha value is -0.840. The molecular weight excluding hydrogens is 228 g/mol. The Labute approximate surface area is 110 Å². The van der Waals surface area contributed by atoms with Crippen LogP contribution in [0.2, 0.25) is 0 Å². The second-order valence-electron chi connectivity index (χ2n) is 4.38. The van der Waals surface area contributed by atoms with E-state index in [0.717, 1.165) is 45.2 Å². The average Bonchev–Trinajstić information content (AvgIpc) is 2.87. The van der Waals surface area contributed by atoms with Gasteiger partial charge < -0.3 is 14.5 Å². The molecule has 0 saturated carbocycles. The van der Waals surface area contributed by atoms with Crippen LogP contribution in [-0.4, -0.2) is 43.8 Å². The second-order valence-corrected chi connectivity index (χ2v) is 4.38. The van der Waals surface area contributed by atoms with Crippen LogP contribution in [0.15, 0.2) is 22.8 Å². The normalized spacial score (nSPS) is 13.1. The highest BCUT2D eigenvalue weighted by Crippen LogP contribution is 2.01. The summed E-state index contributed by atoms with van der Waals surface area (Å²) >= 11 is 0. The van der Waals surface area contributed by atoms with Gasteiger partial charge in [0.2, 0.25) is 0 Å². The molecular formula is C14H26N2O2. The van der Waals surface area contributed by atoms with Crippen molar-refractivity contribution in [1.82, 2.24) is 10.2 Å². The van der Waals surface area contributed by atoms with E-state index in [-0.39, 0.29) is 0 Å². The summed E-state index contributed by atoms with van der Waals surface area (Å²) in [7, 11) is 0. The number of nitrogens with zero attached hydrogens (tertiary/aromatic N) is 1. The van der Waals surface area contributed by atoms with Gasteiger partial charge in [-0.15, -0.1) is 0 Å². The van der Waals surface area contributed by atoms with E-state index < -0.39 is 0 Å². The first kappa shape index (κ1) is 15.2. The largest absolute Gasteiger partial charge is 0.468 e. The molecule has 0 aromatic carbocycles.